The van der Waals surface area contributed by atoms with Gasteiger partial charge in [0.2, 0.25) is 0 Å². The Balaban J connectivity index is 1.96. The highest BCUT2D eigenvalue weighted by Gasteiger charge is 2.38. The molecule has 176 valence electrons. The zero-order valence-corrected chi connectivity index (χ0v) is 18.8. The van der Waals surface area contributed by atoms with Crippen LogP contribution in [-0.4, -0.2) is 45.9 Å². The molecular weight excluding hydrogens is 413 g/mol. The average molecular weight is 448 g/mol. The third-order valence-corrected chi connectivity index (χ3v) is 5.96. The summed E-state index contributed by atoms with van der Waals surface area (Å²) in [6, 6.07) is 6.50. The number of rotatable bonds is 11. The number of halogens is 1. The molecule has 7 heteroatoms. The Morgan fingerprint density at radius 1 is 1.34 bits per heavy atom. The summed E-state index contributed by atoms with van der Waals surface area (Å²) in [6.45, 7) is 1.65. The van der Waals surface area contributed by atoms with Gasteiger partial charge in [-0.05, 0) is 50.7 Å². The molecule has 1 fully saturated rings. The number of carbonyl (C=O) groups excluding carboxylic acids is 1. The molecule has 4 atom stereocenters. The van der Waals surface area contributed by atoms with Crippen molar-refractivity contribution in [3.05, 3.63) is 60.0 Å². The highest BCUT2D eigenvalue weighted by Crippen LogP contribution is 2.35. The number of aryl methyl sites for hydroxylation is 1. The van der Waals surface area contributed by atoms with Crippen LogP contribution in [-0.2, 0) is 16.0 Å². The smallest absolute Gasteiger partial charge is 0.305 e. The van der Waals surface area contributed by atoms with Crippen molar-refractivity contribution in [1.82, 2.24) is 0 Å². The largest absolute Gasteiger partial charge is 0.469 e. The highest BCUT2D eigenvalue weighted by molar-refractivity contribution is 5.90. The number of nitrogens with zero attached hydrogens (tertiary/aromatic N) is 1. The number of aliphatic hydroxyl groups excluding tert-OH is 1. The quantitative estimate of drug-likeness (QED) is 0.155. The van der Waals surface area contributed by atoms with Crippen LogP contribution in [0.4, 0.5) is 4.39 Å². The molecule has 0 radical (unpaired) electrons. The van der Waals surface area contributed by atoms with Gasteiger partial charge < -0.3 is 20.2 Å². The number of carbonyl (C=O) groups is 1. The monoisotopic (exact) mass is 447 g/mol. The SMILES string of the molecule is COC(=O)CCC/C=C/CC1C(O)C/C(=N/O)C1/C=C/C(C)(O)CCc1ccccc1F. The molecule has 1 aromatic rings. The van der Waals surface area contributed by atoms with Gasteiger partial charge in [0.15, 0.2) is 0 Å². The van der Waals surface area contributed by atoms with Crippen LogP contribution < -0.4 is 0 Å². The van der Waals surface area contributed by atoms with Gasteiger partial charge in [0.1, 0.15) is 5.82 Å². The number of unbranched alkanes of at least 4 members (excludes halogenated alkanes) is 1. The van der Waals surface area contributed by atoms with Gasteiger partial charge >= 0.3 is 5.97 Å². The maximum absolute atomic E-state index is 13.8. The Kier molecular flexibility index (Phi) is 10.1. The lowest BCUT2D eigenvalue weighted by Crippen LogP contribution is -2.24. The van der Waals surface area contributed by atoms with Crippen LogP contribution in [0.15, 0.2) is 53.7 Å². The minimum Gasteiger partial charge on any atom is -0.469 e. The van der Waals surface area contributed by atoms with Crippen LogP contribution in [0.3, 0.4) is 0 Å². The molecule has 32 heavy (non-hydrogen) atoms. The first kappa shape index (κ1) is 25.7. The fourth-order valence-corrected chi connectivity index (χ4v) is 3.97. The molecular formula is C25H34FNO5. The normalized spacial score (nSPS) is 24.4. The molecule has 6 nitrogen and oxygen atoms in total. The predicted octanol–water partition coefficient (Wildman–Crippen LogP) is 4.18. The summed E-state index contributed by atoms with van der Waals surface area (Å²) in [5, 5.41) is 33.9. The second-order valence-corrected chi connectivity index (χ2v) is 8.54. The molecule has 0 aliphatic heterocycles. The van der Waals surface area contributed by atoms with Crippen LogP contribution in [0.25, 0.3) is 0 Å². The third kappa shape index (κ3) is 7.88. The van der Waals surface area contributed by atoms with Crippen LogP contribution in [0.2, 0.25) is 0 Å². The molecule has 0 amide bonds. The predicted molar refractivity (Wildman–Crippen MR) is 121 cm³/mol. The standard InChI is InChI=1S/C25H34FNO5/c1-25(30,15-13-18-9-7-8-11-21(18)26)16-14-19-20(23(28)17-22(19)27-31)10-5-3-4-6-12-24(29)32-2/h3,5,7-9,11,14,16,19-20,23,28,30-31H,4,6,10,12-13,15,17H2,1-2H3/b5-3+,16-14+,27-22-. The van der Waals surface area contributed by atoms with Crippen molar-refractivity contribution in [2.75, 3.05) is 7.11 Å². The summed E-state index contributed by atoms with van der Waals surface area (Å²) in [5.74, 6) is -1.02. The Morgan fingerprint density at radius 2 is 2.09 bits per heavy atom. The number of hydrogen-bond donors (Lipinski definition) is 3. The highest BCUT2D eigenvalue weighted by atomic mass is 19.1. The summed E-state index contributed by atoms with van der Waals surface area (Å²) in [6.07, 6.45) is 10.0. The molecule has 2 rings (SSSR count). The van der Waals surface area contributed by atoms with E-state index < -0.39 is 11.7 Å². The Hall–Kier alpha value is -2.51. The molecule has 0 bridgehead atoms. The van der Waals surface area contributed by atoms with E-state index in [4.69, 9.17) is 0 Å². The maximum Gasteiger partial charge on any atom is 0.305 e. The zero-order chi connectivity index (χ0) is 23.6. The molecule has 4 unspecified atom stereocenters. The summed E-state index contributed by atoms with van der Waals surface area (Å²) in [7, 11) is 1.37. The number of esters is 1. The van der Waals surface area contributed by atoms with Gasteiger partial charge in [0.25, 0.3) is 0 Å². The van der Waals surface area contributed by atoms with Crippen molar-refractivity contribution < 1.29 is 29.3 Å². The second-order valence-electron chi connectivity index (χ2n) is 8.54. The summed E-state index contributed by atoms with van der Waals surface area (Å²) in [4.78, 5) is 11.1. The van der Waals surface area contributed by atoms with Crippen molar-refractivity contribution in [2.45, 2.75) is 63.6 Å². The van der Waals surface area contributed by atoms with Crippen molar-refractivity contribution >= 4 is 11.7 Å². The topological polar surface area (TPSA) is 99.4 Å². The number of hydrogen-bond acceptors (Lipinski definition) is 6. The lowest BCUT2D eigenvalue weighted by atomic mass is 9.88. The Morgan fingerprint density at radius 3 is 2.78 bits per heavy atom. The minimum absolute atomic E-state index is 0.184. The zero-order valence-electron chi connectivity index (χ0n) is 18.8. The van der Waals surface area contributed by atoms with Crippen molar-refractivity contribution in [3.63, 3.8) is 0 Å². The second kappa shape index (κ2) is 12.5. The molecule has 0 aromatic heterocycles. The van der Waals surface area contributed by atoms with Gasteiger partial charge in [-0.25, -0.2) is 4.39 Å². The van der Waals surface area contributed by atoms with Gasteiger partial charge in [-0.3, -0.25) is 4.79 Å². The van der Waals surface area contributed by atoms with Gasteiger partial charge in [-0.2, -0.15) is 0 Å². The van der Waals surface area contributed by atoms with Crippen molar-refractivity contribution in [3.8, 4) is 0 Å². The number of oxime groups is 1. The van der Waals surface area contributed by atoms with E-state index in [9.17, 15) is 24.6 Å². The summed E-state index contributed by atoms with van der Waals surface area (Å²) in [5.41, 5.74) is -0.155. The van der Waals surface area contributed by atoms with Gasteiger partial charge in [-0.1, -0.05) is 47.7 Å². The van der Waals surface area contributed by atoms with Crippen LogP contribution in [0, 0.1) is 17.7 Å². The minimum atomic E-state index is -1.18. The van der Waals surface area contributed by atoms with E-state index in [-0.39, 0.29) is 30.0 Å². The lowest BCUT2D eigenvalue weighted by Gasteiger charge is -2.22. The Labute approximate surface area is 189 Å². The van der Waals surface area contributed by atoms with Crippen molar-refractivity contribution in [1.29, 1.82) is 0 Å². The number of aliphatic hydroxyl groups is 2. The first-order chi connectivity index (χ1) is 15.3. The van der Waals surface area contributed by atoms with Crippen LogP contribution in [0.1, 0.15) is 51.0 Å². The average Bonchev–Trinajstić information content (AvgIpc) is 3.08. The number of methoxy groups -OCH3 is 1. The van der Waals surface area contributed by atoms with Crippen molar-refractivity contribution in [2.24, 2.45) is 17.0 Å². The molecule has 0 spiro atoms. The van der Waals surface area contributed by atoms with E-state index in [0.717, 1.165) is 6.42 Å². The number of ether oxygens (including phenoxy) is 1. The maximum atomic E-state index is 13.8. The number of allylic oxidation sites excluding steroid dienone is 3. The van der Waals surface area contributed by atoms with Crippen LogP contribution >= 0.6 is 0 Å². The first-order valence-electron chi connectivity index (χ1n) is 11.0. The van der Waals surface area contributed by atoms with E-state index >= 15 is 0 Å². The molecule has 1 aliphatic rings. The van der Waals surface area contributed by atoms with Gasteiger partial charge in [-0.15, -0.1) is 0 Å². The van der Waals surface area contributed by atoms with E-state index in [2.05, 4.69) is 9.89 Å². The molecule has 0 heterocycles. The van der Waals surface area contributed by atoms with E-state index in [1.807, 2.05) is 12.2 Å². The molecule has 0 saturated heterocycles. The molecule has 1 aromatic carbocycles. The lowest BCUT2D eigenvalue weighted by molar-refractivity contribution is -0.140. The summed E-state index contributed by atoms with van der Waals surface area (Å²) >= 11 is 0. The summed E-state index contributed by atoms with van der Waals surface area (Å²) < 4.78 is 18.5. The fraction of sp³-hybridized carbons (Fsp3) is 0.520. The Bertz CT molecular complexity index is 833. The fourth-order valence-electron chi connectivity index (χ4n) is 3.97. The molecule has 1 aliphatic carbocycles. The van der Waals surface area contributed by atoms with Gasteiger partial charge in [0.05, 0.1) is 24.5 Å². The van der Waals surface area contributed by atoms with E-state index in [1.54, 1.807) is 37.3 Å². The number of benzene rings is 1. The van der Waals surface area contributed by atoms with E-state index in [0.29, 0.717) is 43.4 Å². The van der Waals surface area contributed by atoms with E-state index in [1.165, 1.54) is 13.2 Å². The van der Waals surface area contributed by atoms with Gasteiger partial charge in [0, 0.05) is 24.7 Å². The molecule has 1 saturated carbocycles. The van der Waals surface area contributed by atoms with Crippen LogP contribution in [0.5, 0.6) is 0 Å². The first-order valence-corrected chi connectivity index (χ1v) is 11.0. The molecule has 3 N–H and O–H groups in total. The third-order valence-electron chi connectivity index (χ3n) is 5.96.